The molecule has 2 atom stereocenters. The number of fused-ring (bicyclic) bond motifs is 1. The van der Waals surface area contributed by atoms with Gasteiger partial charge in [-0.2, -0.15) is 5.10 Å². The first-order valence-electron chi connectivity index (χ1n) is 7.52. The minimum Gasteiger partial charge on any atom is -0.366 e. The standard InChI is InChI=1S/C16H15F2N5S/c1-23-15-10(7-19-23)14(21-16(22-15)24-2)20-13-6-9(13)8-3-4-11(17)12(18)5-8/h3-5,7,9,13H,6H2,1-2H3,(H,20,21,22)/t9?,13-/m1/s1. The second kappa shape index (κ2) is 5.70. The number of hydrogen-bond acceptors (Lipinski definition) is 5. The molecule has 124 valence electrons. The van der Waals surface area contributed by atoms with E-state index < -0.39 is 11.6 Å². The molecule has 0 amide bonds. The summed E-state index contributed by atoms with van der Waals surface area (Å²) >= 11 is 1.46. The summed E-state index contributed by atoms with van der Waals surface area (Å²) in [6.45, 7) is 0. The van der Waals surface area contributed by atoms with E-state index in [-0.39, 0.29) is 12.0 Å². The Hall–Kier alpha value is -2.22. The van der Waals surface area contributed by atoms with Crippen molar-refractivity contribution in [1.29, 1.82) is 0 Å². The Morgan fingerprint density at radius 3 is 2.83 bits per heavy atom. The van der Waals surface area contributed by atoms with Gasteiger partial charge in [-0.1, -0.05) is 17.8 Å². The highest BCUT2D eigenvalue weighted by Crippen LogP contribution is 2.43. The Labute approximate surface area is 141 Å². The lowest BCUT2D eigenvalue weighted by Crippen LogP contribution is -2.08. The summed E-state index contributed by atoms with van der Waals surface area (Å²) in [5.74, 6) is -0.743. The molecule has 3 aromatic rings. The van der Waals surface area contributed by atoms with Crippen LogP contribution in [0.5, 0.6) is 0 Å². The zero-order valence-electron chi connectivity index (χ0n) is 13.1. The summed E-state index contributed by atoms with van der Waals surface area (Å²) in [6.07, 6.45) is 4.50. The number of thioether (sulfide) groups is 1. The van der Waals surface area contributed by atoms with Crippen LogP contribution in [-0.2, 0) is 7.05 Å². The molecule has 2 heterocycles. The van der Waals surface area contributed by atoms with Crippen molar-refractivity contribution in [3.8, 4) is 0 Å². The molecule has 0 aliphatic heterocycles. The van der Waals surface area contributed by atoms with Gasteiger partial charge < -0.3 is 5.32 Å². The second-order valence-corrected chi connectivity index (χ2v) is 6.60. The molecule has 1 unspecified atom stereocenters. The first kappa shape index (κ1) is 15.3. The van der Waals surface area contributed by atoms with Gasteiger partial charge in [-0.3, -0.25) is 4.68 Å². The Morgan fingerprint density at radius 2 is 2.08 bits per heavy atom. The predicted molar refractivity (Wildman–Crippen MR) is 89.2 cm³/mol. The van der Waals surface area contributed by atoms with Crippen molar-refractivity contribution >= 4 is 28.6 Å². The Balaban J connectivity index is 1.60. The Bertz CT molecular complexity index is 926. The number of nitrogens with zero attached hydrogens (tertiary/aromatic N) is 4. The van der Waals surface area contributed by atoms with Crippen molar-refractivity contribution in [2.75, 3.05) is 11.6 Å². The predicted octanol–water partition coefficient (Wildman–Crippen LogP) is 3.33. The quantitative estimate of drug-likeness (QED) is 0.579. The highest BCUT2D eigenvalue weighted by atomic mass is 32.2. The van der Waals surface area contributed by atoms with Crippen molar-refractivity contribution in [3.05, 3.63) is 41.6 Å². The van der Waals surface area contributed by atoms with E-state index in [0.29, 0.717) is 5.16 Å². The number of nitrogens with one attached hydrogen (secondary N) is 1. The number of aromatic nitrogens is 4. The van der Waals surface area contributed by atoms with Gasteiger partial charge in [0.05, 0.1) is 11.6 Å². The highest BCUT2D eigenvalue weighted by Gasteiger charge is 2.39. The second-order valence-electron chi connectivity index (χ2n) is 5.83. The maximum Gasteiger partial charge on any atom is 0.191 e. The average Bonchev–Trinajstić information content (AvgIpc) is 3.24. The third kappa shape index (κ3) is 2.60. The first-order valence-corrected chi connectivity index (χ1v) is 8.74. The number of benzene rings is 1. The van der Waals surface area contributed by atoms with Crippen LogP contribution in [0.25, 0.3) is 11.0 Å². The number of hydrogen-bond donors (Lipinski definition) is 1. The zero-order valence-corrected chi connectivity index (χ0v) is 13.9. The fraction of sp³-hybridized carbons (Fsp3) is 0.312. The van der Waals surface area contributed by atoms with Gasteiger partial charge in [0.1, 0.15) is 5.82 Å². The van der Waals surface area contributed by atoms with Gasteiger partial charge in [0.2, 0.25) is 0 Å². The maximum absolute atomic E-state index is 13.4. The van der Waals surface area contributed by atoms with Crippen LogP contribution >= 0.6 is 11.8 Å². The van der Waals surface area contributed by atoms with Gasteiger partial charge in [-0.05, 0) is 30.4 Å². The van der Waals surface area contributed by atoms with Gasteiger partial charge in [0.25, 0.3) is 0 Å². The summed E-state index contributed by atoms with van der Waals surface area (Å²) in [7, 11) is 1.84. The van der Waals surface area contributed by atoms with Crippen LogP contribution in [0.2, 0.25) is 0 Å². The summed E-state index contributed by atoms with van der Waals surface area (Å²) in [5.41, 5.74) is 1.56. The van der Waals surface area contributed by atoms with Gasteiger partial charge in [-0.25, -0.2) is 18.7 Å². The molecule has 24 heavy (non-hydrogen) atoms. The van der Waals surface area contributed by atoms with E-state index in [1.807, 2.05) is 13.3 Å². The summed E-state index contributed by atoms with van der Waals surface area (Å²) < 4.78 is 28.2. The summed E-state index contributed by atoms with van der Waals surface area (Å²) in [6, 6.07) is 4.23. The molecule has 1 N–H and O–H groups in total. The number of aryl methyl sites for hydroxylation is 1. The molecular formula is C16H15F2N5S. The fourth-order valence-corrected chi connectivity index (χ4v) is 3.21. The Morgan fingerprint density at radius 1 is 1.25 bits per heavy atom. The number of anilines is 1. The molecule has 1 aliphatic rings. The molecule has 1 saturated carbocycles. The van der Waals surface area contributed by atoms with Crippen molar-refractivity contribution in [2.45, 2.75) is 23.5 Å². The summed E-state index contributed by atoms with van der Waals surface area (Å²) in [5, 5.41) is 9.15. The minimum atomic E-state index is -0.818. The minimum absolute atomic E-state index is 0.142. The van der Waals surface area contributed by atoms with Crippen molar-refractivity contribution in [2.24, 2.45) is 7.05 Å². The fourth-order valence-electron chi connectivity index (χ4n) is 2.85. The van der Waals surface area contributed by atoms with Crippen molar-refractivity contribution in [1.82, 2.24) is 19.7 Å². The molecular weight excluding hydrogens is 332 g/mol. The lowest BCUT2D eigenvalue weighted by Gasteiger charge is -2.08. The average molecular weight is 347 g/mol. The SMILES string of the molecule is CSc1nc(N[C@@H]2CC2c2ccc(F)c(F)c2)c2cnn(C)c2n1. The van der Waals surface area contributed by atoms with Crippen LogP contribution in [-0.4, -0.2) is 32.0 Å². The van der Waals surface area contributed by atoms with Gasteiger partial charge >= 0.3 is 0 Å². The third-order valence-electron chi connectivity index (χ3n) is 4.24. The molecule has 4 rings (SSSR count). The monoisotopic (exact) mass is 347 g/mol. The first-order chi connectivity index (χ1) is 11.6. The maximum atomic E-state index is 13.4. The molecule has 0 spiro atoms. The van der Waals surface area contributed by atoms with E-state index in [2.05, 4.69) is 20.4 Å². The largest absolute Gasteiger partial charge is 0.366 e. The smallest absolute Gasteiger partial charge is 0.191 e. The molecule has 2 aromatic heterocycles. The van der Waals surface area contributed by atoms with E-state index in [1.54, 1.807) is 16.9 Å². The van der Waals surface area contributed by atoms with Gasteiger partial charge in [-0.15, -0.1) is 0 Å². The van der Waals surface area contributed by atoms with E-state index in [4.69, 9.17) is 0 Å². The van der Waals surface area contributed by atoms with Crippen molar-refractivity contribution < 1.29 is 8.78 Å². The normalized spacial score (nSPS) is 19.7. The van der Waals surface area contributed by atoms with E-state index in [1.165, 1.54) is 23.9 Å². The lowest BCUT2D eigenvalue weighted by atomic mass is 10.1. The van der Waals surface area contributed by atoms with Crippen LogP contribution in [0.4, 0.5) is 14.6 Å². The van der Waals surface area contributed by atoms with E-state index in [9.17, 15) is 8.78 Å². The molecule has 1 aliphatic carbocycles. The summed E-state index contributed by atoms with van der Waals surface area (Å²) in [4.78, 5) is 8.99. The molecule has 0 radical (unpaired) electrons. The van der Waals surface area contributed by atoms with Crippen LogP contribution in [0.15, 0.2) is 29.6 Å². The number of halogens is 2. The van der Waals surface area contributed by atoms with Crippen LogP contribution in [0, 0.1) is 11.6 Å². The molecule has 0 bridgehead atoms. The van der Waals surface area contributed by atoms with Crippen LogP contribution in [0.3, 0.4) is 0 Å². The van der Waals surface area contributed by atoms with Crippen molar-refractivity contribution in [3.63, 3.8) is 0 Å². The molecule has 0 saturated heterocycles. The molecule has 1 fully saturated rings. The van der Waals surface area contributed by atoms with Gasteiger partial charge in [0.15, 0.2) is 22.4 Å². The lowest BCUT2D eigenvalue weighted by molar-refractivity contribution is 0.507. The Kier molecular flexibility index (Phi) is 3.64. The molecule has 8 heteroatoms. The van der Waals surface area contributed by atoms with Gasteiger partial charge in [0, 0.05) is 19.0 Å². The molecule has 1 aromatic carbocycles. The molecule has 5 nitrogen and oxygen atoms in total. The van der Waals surface area contributed by atoms with E-state index >= 15 is 0 Å². The van der Waals surface area contributed by atoms with Crippen LogP contribution in [0.1, 0.15) is 17.9 Å². The topological polar surface area (TPSA) is 55.6 Å². The number of rotatable bonds is 4. The third-order valence-corrected chi connectivity index (χ3v) is 4.79. The zero-order chi connectivity index (χ0) is 16.8. The van der Waals surface area contributed by atoms with Crippen LogP contribution < -0.4 is 5.32 Å². The van der Waals surface area contributed by atoms with E-state index in [0.717, 1.165) is 28.8 Å². The highest BCUT2D eigenvalue weighted by molar-refractivity contribution is 7.98.